The van der Waals surface area contributed by atoms with E-state index >= 15 is 0 Å². The molecule has 1 aliphatic rings. The highest BCUT2D eigenvalue weighted by Crippen LogP contribution is 2.32. The van der Waals surface area contributed by atoms with Crippen LogP contribution in [0, 0.1) is 6.92 Å². The molecule has 0 fully saturated rings. The van der Waals surface area contributed by atoms with E-state index in [1.807, 2.05) is 6.92 Å². The number of benzene rings is 1. The van der Waals surface area contributed by atoms with Gasteiger partial charge in [-0.25, -0.2) is 12.4 Å². The normalized spacial score (nSPS) is 23.5. The Labute approximate surface area is 145 Å². The Bertz CT molecular complexity index is 965. The van der Waals surface area contributed by atoms with Crippen LogP contribution in [0.4, 0.5) is 0 Å². The summed E-state index contributed by atoms with van der Waals surface area (Å²) in [6.07, 6.45) is 3.10. The Morgan fingerprint density at radius 2 is 2.12 bits per heavy atom. The van der Waals surface area contributed by atoms with Gasteiger partial charge in [0.1, 0.15) is 5.60 Å². The summed E-state index contributed by atoms with van der Waals surface area (Å²) >= 11 is 0. The van der Waals surface area contributed by atoms with Crippen molar-refractivity contribution in [2.75, 3.05) is 7.04 Å². The van der Waals surface area contributed by atoms with Crippen molar-refractivity contribution in [1.82, 2.24) is 3.97 Å². The molecule has 128 valence electrons. The van der Waals surface area contributed by atoms with Gasteiger partial charge in [-0.05, 0) is 43.5 Å². The molecule has 0 radical (unpaired) electrons. The van der Waals surface area contributed by atoms with E-state index in [0.717, 1.165) is 21.3 Å². The second kappa shape index (κ2) is 6.07. The van der Waals surface area contributed by atoms with Gasteiger partial charge in [-0.2, -0.15) is 0 Å². The molecule has 7 heteroatoms. The lowest BCUT2D eigenvalue weighted by molar-refractivity contribution is 0.0395. The zero-order valence-electron chi connectivity index (χ0n) is 16.1. The number of aromatic nitrogens is 1. The summed E-state index contributed by atoms with van der Waals surface area (Å²) in [6, 6.07) is 8.19. The molecule has 0 amide bonds. The first-order valence-electron chi connectivity index (χ1n) is 8.96. The van der Waals surface area contributed by atoms with Crippen LogP contribution in [-0.2, 0) is 27.6 Å². The summed E-state index contributed by atoms with van der Waals surface area (Å²) in [5.74, 6) is 0. The summed E-state index contributed by atoms with van der Waals surface area (Å²) in [5, 5.41) is 12.0. The fraction of sp³-hybridized carbons (Fsp3) is 0.353. The quantitative estimate of drug-likeness (QED) is 0.521. The summed E-state index contributed by atoms with van der Waals surface area (Å²) in [6.45, 7) is 1.86. The van der Waals surface area contributed by atoms with E-state index in [0.29, 0.717) is 12.1 Å². The van der Waals surface area contributed by atoms with Crippen LogP contribution >= 0.6 is 0 Å². The lowest BCUT2D eigenvalue weighted by atomic mass is 9.84. The highest BCUT2D eigenvalue weighted by atomic mass is 32.2. The van der Waals surface area contributed by atoms with Crippen molar-refractivity contribution >= 4 is 16.2 Å². The van der Waals surface area contributed by atoms with Crippen molar-refractivity contribution in [3.63, 3.8) is 0 Å². The van der Waals surface area contributed by atoms with Gasteiger partial charge in [0.2, 0.25) is 0 Å². The molecule has 1 heterocycles. The van der Waals surface area contributed by atoms with Crippen LogP contribution in [0.2, 0.25) is 0 Å². The van der Waals surface area contributed by atoms with Crippen molar-refractivity contribution in [3.05, 3.63) is 53.3 Å². The van der Waals surface area contributed by atoms with Gasteiger partial charge in [-0.1, -0.05) is 22.9 Å². The van der Waals surface area contributed by atoms with Crippen molar-refractivity contribution < 1.29 is 22.5 Å². The molecule has 0 saturated heterocycles. The topological polar surface area (TPSA) is 80.9 Å². The molecule has 1 N–H and O–H groups in total. The smallest absolute Gasteiger partial charge is 0.267 e. The summed E-state index contributed by atoms with van der Waals surface area (Å²) < 4.78 is 54.7. The van der Waals surface area contributed by atoms with Gasteiger partial charge in [0.15, 0.2) is 0 Å². The largest absolute Gasteiger partial charge is 0.411 e. The van der Waals surface area contributed by atoms with Crippen LogP contribution in [0.3, 0.4) is 0 Å². The highest BCUT2D eigenvalue weighted by molar-refractivity contribution is 7.90. The van der Waals surface area contributed by atoms with Gasteiger partial charge in [0.05, 0.1) is 15.2 Å². The van der Waals surface area contributed by atoms with Crippen LogP contribution in [0.5, 0.6) is 0 Å². The van der Waals surface area contributed by atoms with Crippen molar-refractivity contribution in [2.24, 2.45) is 5.16 Å². The Balaban J connectivity index is 2.05. The predicted molar refractivity (Wildman–Crippen MR) is 90.2 cm³/mol. The molecular formula is C17H20N2O4S. The Kier molecular flexibility index (Phi) is 3.34. The van der Waals surface area contributed by atoms with E-state index in [-0.39, 0.29) is 17.7 Å². The number of rotatable bonds is 4. The molecule has 3 rings (SSSR count). The average Bonchev–Trinajstić information content (AvgIpc) is 2.97. The molecule has 2 aromatic rings. The molecule has 1 aliphatic carbocycles. The third kappa shape index (κ3) is 2.74. The van der Waals surface area contributed by atoms with Gasteiger partial charge in [0.25, 0.3) is 10.0 Å². The lowest BCUT2D eigenvalue weighted by Crippen LogP contribution is -2.40. The predicted octanol–water partition coefficient (Wildman–Crippen LogP) is 2.37. The number of hydrogen-bond acceptors (Lipinski definition) is 5. The Hall–Kier alpha value is -2.12. The third-order valence-electron chi connectivity index (χ3n) is 4.41. The van der Waals surface area contributed by atoms with Gasteiger partial charge in [-0.15, -0.1) is 0 Å². The lowest BCUT2D eigenvalue weighted by Gasteiger charge is -2.32. The monoisotopic (exact) mass is 351 g/mol. The maximum atomic E-state index is 13.1. The third-order valence-corrected chi connectivity index (χ3v) is 6.13. The average molecular weight is 351 g/mol. The molecule has 1 atom stereocenters. The molecule has 0 bridgehead atoms. The minimum atomic E-state index is -3.85. The van der Waals surface area contributed by atoms with Crippen molar-refractivity contribution in [1.29, 1.82) is 0 Å². The fourth-order valence-electron chi connectivity index (χ4n) is 3.00. The van der Waals surface area contributed by atoms with Crippen molar-refractivity contribution in [3.8, 4) is 0 Å². The molecule has 24 heavy (non-hydrogen) atoms. The van der Waals surface area contributed by atoms with Gasteiger partial charge < -0.3 is 9.94 Å². The SMILES string of the molecule is [2H]C([2H])([2H])OC1(C=NO)CCc2ccn(S(=O)(=O)c3ccc(C)cc3)c2C1. The second-order valence-electron chi connectivity index (χ2n) is 5.99. The maximum Gasteiger partial charge on any atom is 0.267 e. The first kappa shape index (κ1) is 13.2. The molecule has 0 aliphatic heterocycles. The van der Waals surface area contributed by atoms with E-state index in [9.17, 15) is 8.42 Å². The molecule has 1 aromatic heterocycles. The maximum absolute atomic E-state index is 13.1. The van der Waals surface area contributed by atoms with Crippen LogP contribution in [0.15, 0.2) is 46.6 Å². The standard InChI is InChI=1S/C17H20N2O4S/c1-13-3-5-15(6-4-13)24(21,22)19-10-8-14-7-9-17(23-2,12-18-20)11-16(14)19/h3-6,8,10,12,20H,7,9,11H2,1-2H3/i2D3. The molecule has 6 nitrogen and oxygen atoms in total. The van der Waals surface area contributed by atoms with Gasteiger partial charge in [-0.3, -0.25) is 0 Å². The first-order valence-corrected chi connectivity index (χ1v) is 8.90. The molecule has 1 unspecified atom stereocenters. The van der Waals surface area contributed by atoms with E-state index in [4.69, 9.17) is 14.1 Å². The zero-order chi connectivity index (χ0) is 19.9. The number of methoxy groups -OCH3 is 1. The van der Waals surface area contributed by atoms with E-state index in [2.05, 4.69) is 5.16 Å². The molecule has 0 saturated carbocycles. The van der Waals surface area contributed by atoms with Gasteiger partial charge in [0, 0.05) is 25.3 Å². The van der Waals surface area contributed by atoms with E-state index in [1.165, 1.54) is 18.3 Å². The minimum absolute atomic E-state index is 0.0388. The zero-order valence-corrected chi connectivity index (χ0v) is 14.0. The molecule has 1 aromatic carbocycles. The Morgan fingerprint density at radius 3 is 2.79 bits per heavy atom. The number of nitrogens with zero attached hydrogens (tertiary/aromatic N) is 2. The van der Waals surface area contributed by atoms with Gasteiger partial charge >= 0.3 is 0 Å². The van der Waals surface area contributed by atoms with Crippen LogP contribution in [-0.4, -0.2) is 36.5 Å². The van der Waals surface area contributed by atoms with E-state index in [1.54, 1.807) is 18.2 Å². The van der Waals surface area contributed by atoms with Crippen LogP contribution in [0.1, 0.15) is 27.4 Å². The summed E-state index contributed by atoms with van der Waals surface area (Å²) in [7, 11) is -6.57. The number of hydrogen-bond donors (Lipinski definition) is 1. The highest BCUT2D eigenvalue weighted by Gasteiger charge is 2.37. The summed E-state index contributed by atoms with van der Waals surface area (Å²) in [4.78, 5) is 0.134. The first-order chi connectivity index (χ1) is 12.6. The van der Waals surface area contributed by atoms with Crippen LogP contribution in [0.25, 0.3) is 0 Å². The fourth-order valence-corrected chi connectivity index (χ4v) is 4.40. The molecular weight excluding hydrogens is 328 g/mol. The minimum Gasteiger partial charge on any atom is -0.411 e. The number of fused-ring (bicyclic) bond motifs is 1. The van der Waals surface area contributed by atoms with Crippen molar-refractivity contribution in [2.45, 2.75) is 36.7 Å². The summed E-state index contributed by atoms with van der Waals surface area (Å²) in [5.41, 5.74) is 0.742. The van der Waals surface area contributed by atoms with Crippen LogP contribution < -0.4 is 0 Å². The number of ether oxygens (including phenoxy) is 1. The molecule has 0 spiro atoms. The number of aryl methyl sites for hydroxylation is 2. The second-order valence-corrected chi connectivity index (χ2v) is 7.80. The number of oxime groups is 1. The van der Waals surface area contributed by atoms with E-state index < -0.39 is 22.7 Å². The Morgan fingerprint density at radius 1 is 1.38 bits per heavy atom.